The minimum atomic E-state index is -0.0583. The van der Waals surface area contributed by atoms with Crippen molar-refractivity contribution in [3.63, 3.8) is 0 Å². The lowest BCUT2D eigenvalue weighted by Crippen LogP contribution is -2.32. The largest absolute Gasteiger partial charge is 0.380 e. The topological polar surface area (TPSA) is 74.0 Å². The summed E-state index contributed by atoms with van der Waals surface area (Å²) in [6.45, 7) is 2.63. The standard InChI is InChI=1S/C15H20N4O2/c1-3-12-11(4-5-16-12)15(20)19-9-10(21-2)8-13(19)14-17-6-7-18-14/h4-7,10,13,16H,3,8-9H2,1-2H3,(H,17,18)/t10-,13?/m1/s1. The van der Waals surface area contributed by atoms with Crippen LogP contribution in [0.5, 0.6) is 0 Å². The van der Waals surface area contributed by atoms with Crippen LogP contribution in [-0.2, 0) is 11.2 Å². The van der Waals surface area contributed by atoms with Gasteiger partial charge >= 0.3 is 0 Å². The lowest BCUT2D eigenvalue weighted by atomic mass is 10.1. The predicted molar refractivity (Wildman–Crippen MR) is 77.9 cm³/mol. The summed E-state index contributed by atoms with van der Waals surface area (Å²) in [7, 11) is 1.69. The van der Waals surface area contributed by atoms with Crippen molar-refractivity contribution in [1.29, 1.82) is 0 Å². The fourth-order valence-electron chi connectivity index (χ4n) is 2.96. The van der Waals surface area contributed by atoms with E-state index >= 15 is 0 Å². The van der Waals surface area contributed by atoms with E-state index < -0.39 is 0 Å². The van der Waals surface area contributed by atoms with Crippen molar-refractivity contribution in [3.8, 4) is 0 Å². The van der Waals surface area contributed by atoms with Crippen LogP contribution in [0.25, 0.3) is 0 Å². The molecule has 2 aromatic heterocycles. The molecule has 3 rings (SSSR count). The molecule has 0 aromatic carbocycles. The van der Waals surface area contributed by atoms with Crippen molar-refractivity contribution >= 4 is 5.91 Å². The average molecular weight is 288 g/mol. The molecule has 21 heavy (non-hydrogen) atoms. The van der Waals surface area contributed by atoms with E-state index in [-0.39, 0.29) is 18.1 Å². The molecule has 0 spiro atoms. The Kier molecular flexibility index (Phi) is 3.79. The molecule has 0 aliphatic carbocycles. The molecule has 6 nitrogen and oxygen atoms in total. The molecule has 2 N–H and O–H groups in total. The molecule has 2 aromatic rings. The number of carbonyl (C=O) groups excluding carboxylic acids is 1. The molecule has 1 aliphatic rings. The second-order valence-electron chi connectivity index (χ2n) is 5.26. The van der Waals surface area contributed by atoms with E-state index in [2.05, 4.69) is 15.0 Å². The van der Waals surface area contributed by atoms with Gasteiger partial charge in [0.05, 0.1) is 17.7 Å². The van der Waals surface area contributed by atoms with E-state index in [4.69, 9.17) is 4.74 Å². The number of methoxy groups -OCH3 is 1. The Morgan fingerprint density at radius 3 is 3.00 bits per heavy atom. The van der Waals surface area contributed by atoms with Gasteiger partial charge in [-0.05, 0) is 12.5 Å². The van der Waals surface area contributed by atoms with Crippen molar-refractivity contribution < 1.29 is 9.53 Å². The quantitative estimate of drug-likeness (QED) is 0.902. The first-order valence-corrected chi connectivity index (χ1v) is 7.23. The summed E-state index contributed by atoms with van der Waals surface area (Å²) in [6, 6.07) is 1.79. The molecule has 0 saturated carbocycles. The molecule has 3 heterocycles. The summed E-state index contributed by atoms with van der Waals surface area (Å²) in [6.07, 6.45) is 6.94. The predicted octanol–water partition coefficient (Wildman–Crippen LogP) is 1.90. The zero-order chi connectivity index (χ0) is 14.8. The number of amides is 1. The highest BCUT2D eigenvalue weighted by Crippen LogP contribution is 2.33. The Morgan fingerprint density at radius 2 is 2.33 bits per heavy atom. The van der Waals surface area contributed by atoms with Crippen LogP contribution >= 0.6 is 0 Å². The Morgan fingerprint density at radius 1 is 1.48 bits per heavy atom. The van der Waals surface area contributed by atoms with E-state index in [1.807, 2.05) is 24.1 Å². The highest BCUT2D eigenvalue weighted by molar-refractivity contribution is 5.96. The molecule has 2 atom stereocenters. The lowest BCUT2D eigenvalue weighted by molar-refractivity contribution is 0.0683. The number of rotatable bonds is 4. The van der Waals surface area contributed by atoms with Gasteiger partial charge in [0.2, 0.25) is 0 Å². The maximum atomic E-state index is 12.9. The second-order valence-corrected chi connectivity index (χ2v) is 5.26. The number of carbonyl (C=O) groups is 1. The first kappa shape index (κ1) is 13.9. The molecular formula is C15H20N4O2. The third-order valence-corrected chi connectivity index (χ3v) is 4.11. The molecule has 6 heteroatoms. The maximum Gasteiger partial charge on any atom is 0.256 e. The number of aromatic nitrogens is 3. The van der Waals surface area contributed by atoms with E-state index in [1.165, 1.54) is 0 Å². The number of hydrogen-bond donors (Lipinski definition) is 2. The van der Waals surface area contributed by atoms with E-state index in [0.29, 0.717) is 6.54 Å². The highest BCUT2D eigenvalue weighted by atomic mass is 16.5. The van der Waals surface area contributed by atoms with Gasteiger partial charge in [-0.3, -0.25) is 4.79 Å². The third kappa shape index (κ3) is 2.47. The molecule has 0 radical (unpaired) electrons. The Balaban J connectivity index is 1.89. The Labute approximate surface area is 123 Å². The number of ether oxygens (including phenoxy) is 1. The summed E-state index contributed by atoms with van der Waals surface area (Å²) >= 11 is 0. The SMILES string of the molecule is CCc1[nH]ccc1C(=O)N1C[C@H](OC)CC1c1ncc[nH]1. The molecular weight excluding hydrogens is 268 g/mol. The minimum Gasteiger partial charge on any atom is -0.380 e. The smallest absolute Gasteiger partial charge is 0.256 e. The molecule has 1 aliphatic heterocycles. The maximum absolute atomic E-state index is 12.9. The Hall–Kier alpha value is -2.08. The van der Waals surface area contributed by atoms with Crippen molar-refractivity contribution in [2.75, 3.05) is 13.7 Å². The van der Waals surface area contributed by atoms with Gasteiger partial charge in [-0.25, -0.2) is 4.98 Å². The minimum absolute atomic E-state index is 0.0362. The molecule has 1 amide bonds. The van der Waals surface area contributed by atoms with Crippen molar-refractivity contribution in [1.82, 2.24) is 19.9 Å². The molecule has 1 unspecified atom stereocenters. The summed E-state index contributed by atoms with van der Waals surface area (Å²) in [4.78, 5) is 25.3. The van der Waals surface area contributed by atoms with Crippen molar-refractivity contribution in [3.05, 3.63) is 41.7 Å². The first-order chi connectivity index (χ1) is 10.2. The van der Waals surface area contributed by atoms with Gasteiger partial charge < -0.3 is 19.6 Å². The van der Waals surface area contributed by atoms with E-state index in [1.54, 1.807) is 19.5 Å². The number of H-pyrrole nitrogens is 2. The van der Waals surface area contributed by atoms with Crippen LogP contribution in [0, 0.1) is 0 Å². The van der Waals surface area contributed by atoms with Crippen LogP contribution in [0.2, 0.25) is 0 Å². The summed E-state index contributed by atoms with van der Waals surface area (Å²) in [5, 5.41) is 0. The number of aromatic amines is 2. The molecule has 1 fully saturated rings. The molecule has 0 bridgehead atoms. The number of imidazole rings is 1. The average Bonchev–Trinajstić information content (AvgIpc) is 3.23. The zero-order valence-corrected chi connectivity index (χ0v) is 12.3. The number of aryl methyl sites for hydroxylation is 1. The van der Waals surface area contributed by atoms with Crippen LogP contribution < -0.4 is 0 Å². The van der Waals surface area contributed by atoms with Gasteiger partial charge in [0.15, 0.2) is 0 Å². The van der Waals surface area contributed by atoms with E-state index in [0.717, 1.165) is 29.9 Å². The monoisotopic (exact) mass is 288 g/mol. The summed E-state index contributed by atoms with van der Waals surface area (Å²) in [5.74, 6) is 0.852. The summed E-state index contributed by atoms with van der Waals surface area (Å²) < 4.78 is 5.45. The fraction of sp³-hybridized carbons (Fsp3) is 0.467. The molecule has 1 saturated heterocycles. The number of hydrogen-bond acceptors (Lipinski definition) is 3. The number of nitrogens with zero attached hydrogens (tertiary/aromatic N) is 2. The van der Waals surface area contributed by atoms with Crippen LogP contribution in [0.15, 0.2) is 24.7 Å². The van der Waals surface area contributed by atoms with Crippen LogP contribution in [0.1, 0.15) is 41.3 Å². The Bertz CT molecular complexity index is 605. The van der Waals surface area contributed by atoms with Crippen molar-refractivity contribution in [2.24, 2.45) is 0 Å². The van der Waals surface area contributed by atoms with Gasteiger partial charge in [0.1, 0.15) is 5.82 Å². The van der Waals surface area contributed by atoms with Gasteiger partial charge in [0, 0.05) is 44.4 Å². The van der Waals surface area contributed by atoms with Gasteiger partial charge in [-0.2, -0.15) is 0 Å². The van der Waals surface area contributed by atoms with Gasteiger partial charge in [-0.15, -0.1) is 0 Å². The fourth-order valence-corrected chi connectivity index (χ4v) is 2.96. The normalized spacial score (nSPS) is 21.9. The third-order valence-electron chi connectivity index (χ3n) is 4.11. The van der Waals surface area contributed by atoms with E-state index in [9.17, 15) is 4.79 Å². The lowest BCUT2D eigenvalue weighted by Gasteiger charge is -2.23. The van der Waals surface area contributed by atoms with Crippen LogP contribution in [0.4, 0.5) is 0 Å². The van der Waals surface area contributed by atoms with Crippen molar-refractivity contribution in [2.45, 2.75) is 31.9 Å². The molecule has 112 valence electrons. The first-order valence-electron chi connectivity index (χ1n) is 7.23. The summed E-state index contributed by atoms with van der Waals surface area (Å²) in [5.41, 5.74) is 1.71. The second kappa shape index (κ2) is 5.73. The van der Waals surface area contributed by atoms with Gasteiger partial charge in [-0.1, -0.05) is 6.92 Å². The van der Waals surface area contributed by atoms with Crippen LogP contribution in [-0.4, -0.2) is 45.5 Å². The zero-order valence-electron chi connectivity index (χ0n) is 12.3. The number of nitrogens with one attached hydrogen (secondary N) is 2. The number of likely N-dealkylation sites (tertiary alicyclic amines) is 1. The highest BCUT2D eigenvalue weighted by Gasteiger charge is 2.38. The van der Waals surface area contributed by atoms with Crippen LogP contribution in [0.3, 0.4) is 0 Å². The van der Waals surface area contributed by atoms with Gasteiger partial charge in [0.25, 0.3) is 5.91 Å².